The minimum atomic E-state index is 0.0245. The molecule has 0 aliphatic carbocycles. The van der Waals surface area contributed by atoms with Gasteiger partial charge in [0.2, 0.25) is 0 Å². The zero-order chi connectivity index (χ0) is 14.0. The molecule has 0 saturated heterocycles. The first-order valence-electron chi connectivity index (χ1n) is 5.68. The van der Waals surface area contributed by atoms with Crippen molar-refractivity contribution in [1.29, 1.82) is 0 Å². The minimum Gasteiger partial charge on any atom is -0.496 e. The number of ketones is 1. The van der Waals surface area contributed by atoms with Crippen LogP contribution in [0.15, 0.2) is 40.9 Å². The Balaban J connectivity index is 2.44. The van der Waals surface area contributed by atoms with Crippen molar-refractivity contribution in [3.63, 3.8) is 0 Å². The Morgan fingerprint density at radius 2 is 2.00 bits per heavy atom. The van der Waals surface area contributed by atoms with Crippen molar-refractivity contribution in [2.75, 3.05) is 7.11 Å². The van der Waals surface area contributed by atoms with Gasteiger partial charge in [0.05, 0.1) is 11.6 Å². The number of methoxy groups -OCH3 is 1. The van der Waals surface area contributed by atoms with E-state index in [0.717, 1.165) is 24.9 Å². The van der Waals surface area contributed by atoms with Crippen LogP contribution in [-0.2, 0) is 0 Å². The van der Waals surface area contributed by atoms with E-state index in [0.29, 0.717) is 5.56 Å². The van der Waals surface area contributed by atoms with E-state index >= 15 is 0 Å². The summed E-state index contributed by atoms with van der Waals surface area (Å²) in [5.41, 5.74) is 2.49. The quantitative estimate of drug-likeness (QED) is 0.525. The summed E-state index contributed by atoms with van der Waals surface area (Å²) in [5, 5.41) is 0. The van der Waals surface area contributed by atoms with Gasteiger partial charge in [-0.3, -0.25) is 4.79 Å². The number of ether oxygens (including phenoxy) is 1. The average molecular weight is 431 g/mol. The minimum absolute atomic E-state index is 0.0245. The topological polar surface area (TPSA) is 26.3 Å². The highest BCUT2D eigenvalue weighted by atomic mass is 127. The number of halogens is 2. The van der Waals surface area contributed by atoms with E-state index < -0.39 is 0 Å². The van der Waals surface area contributed by atoms with E-state index in [-0.39, 0.29) is 5.78 Å². The summed E-state index contributed by atoms with van der Waals surface area (Å²) in [5.74, 6) is 0.743. The van der Waals surface area contributed by atoms with Gasteiger partial charge in [-0.2, -0.15) is 0 Å². The van der Waals surface area contributed by atoms with Crippen LogP contribution in [0.5, 0.6) is 5.75 Å². The van der Waals surface area contributed by atoms with Gasteiger partial charge in [0.1, 0.15) is 5.75 Å². The van der Waals surface area contributed by atoms with E-state index in [1.807, 2.05) is 25.1 Å². The fourth-order valence-corrected chi connectivity index (χ4v) is 2.93. The third-order valence-corrected chi connectivity index (χ3v) is 4.90. The zero-order valence-electron chi connectivity index (χ0n) is 10.5. The number of benzene rings is 2. The van der Waals surface area contributed by atoms with Crippen LogP contribution in [0.3, 0.4) is 0 Å². The predicted molar refractivity (Wildman–Crippen MR) is 88.0 cm³/mol. The lowest BCUT2D eigenvalue weighted by Gasteiger charge is -2.08. The maximum atomic E-state index is 12.5. The van der Waals surface area contributed by atoms with Gasteiger partial charge in [0.15, 0.2) is 5.78 Å². The molecule has 0 bridgehead atoms. The molecule has 2 aromatic carbocycles. The highest BCUT2D eigenvalue weighted by Gasteiger charge is 2.14. The standard InChI is InChI=1S/C15H12BrIO2/c1-9-4-3-5-11(14(9)17)15(18)10-6-7-13(19-2)12(16)8-10/h3-8H,1-2H3. The van der Waals surface area contributed by atoms with Crippen LogP contribution in [0.25, 0.3) is 0 Å². The monoisotopic (exact) mass is 430 g/mol. The van der Waals surface area contributed by atoms with Crippen LogP contribution in [0, 0.1) is 10.5 Å². The lowest BCUT2D eigenvalue weighted by atomic mass is 10.0. The number of carbonyl (C=O) groups excluding carboxylic acids is 1. The van der Waals surface area contributed by atoms with Gasteiger partial charge in [-0.25, -0.2) is 0 Å². The Morgan fingerprint density at radius 1 is 1.26 bits per heavy atom. The molecule has 19 heavy (non-hydrogen) atoms. The van der Waals surface area contributed by atoms with Crippen molar-refractivity contribution >= 4 is 44.3 Å². The van der Waals surface area contributed by atoms with Gasteiger partial charge in [0, 0.05) is 14.7 Å². The molecular formula is C15H12BrIO2. The maximum absolute atomic E-state index is 12.5. The summed E-state index contributed by atoms with van der Waals surface area (Å²) in [6.07, 6.45) is 0. The Bertz CT molecular complexity index is 638. The van der Waals surface area contributed by atoms with Crippen LogP contribution in [0.4, 0.5) is 0 Å². The molecule has 0 radical (unpaired) electrons. The van der Waals surface area contributed by atoms with E-state index in [1.54, 1.807) is 25.3 Å². The first-order chi connectivity index (χ1) is 9.04. The smallest absolute Gasteiger partial charge is 0.194 e. The molecule has 0 fully saturated rings. The fraction of sp³-hybridized carbons (Fsp3) is 0.133. The van der Waals surface area contributed by atoms with Crippen LogP contribution in [0.1, 0.15) is 21.5 Å². The summed E-state index contributed by atoms with van der Waals surface area (Å²) in [6.45, 7) is 2.00. The molecule has 2 nitrogen and oxygen atoms in total. The first-order valence-corrected chi connectivity index (χ1v) is 7.55. The van der Waals surface area contributed by atoms with Gasteiger partial charge in [-0.05, 0) is 75.3 Å². The number of hydrogen-bond acceptors (Lipinski definition) is 2. The summed E-state index contributed by atoms with van der Waals surface area (Å²) >= 11 is 5.61. The summed E-state index contributed by atoms with van der Waals surface area (Å²) in [4.78, 5) is 12.5. The third kappa shape index (κ3) is 3.00. The lowest BCUT2D eigenvalue weighted by molar-refractivity contribution is 0.103. The van der Waals surface area contributed by atoms with Crippen LogP contribution in [0.2, 0.25) is 0 Å². The summed E-state index contributed by atoms with van der Waals surface area (Å²) in [6, 6.07) is 11.1. The second kappa shape index (κ2) is 6.05. The largest absolute Gasteiger partial charge is 0.496 e. The molecule has 0 aliphatic rings. The molecule has 0 amide bonds. The molecule has 2 rings (SSSR count). The van der Waals surface area contributed by atoms with Gasteiger partial charge in [-0.15, -0.1) is 0 Å². The van der Waals surface area contributed by atoms with E-state index in [4.69, 9.17) is 4.74 Å². The van der Waals surface area contributed by atoms with Crippen molar-refractivity contribution in [3.05, 3.63) is 61.1 Å². The maximum Gasteiger partial charge on any atom is 0.194 e. The molecule has 0 atom stereocenters. The van der Waals surface area contributed by atoms with Crippen LogP contribution < -0.4 is 4.74 Å². The highest BCUT2D eigenvalue weighted by molar-refractivity contribution is 14.1. The molecule has 0 aliphatic heterocycles. The average Bonchev–Trinajstić information content (AvgIpc) is 2.41. The lowest BCUT2D eigenvalue weighted by Crippen LogP contribution is -2.05. The Kier molecular flexibility index (Phi) is 4.62. The summed E-state index contributed by atoms with van der Waals surface area (Å²) < 4.78 is 6.95. The number of aryl methyl sites for hydroxylation is 1. The second-order valence-corrected chi connectivity index (χ2v) is 6.05. The van der Waals surface area contributed by atoms with Crippen LogP contribution >= 0.6 is 38.5 Å². The third-order valence-electron chi connectivity index (χ3n) is 2.85. The molecule has 0 spiro atoms. The summed E-state index contributed by atoms with van der Waals surface area (Å²) in [7, 11) is 1.60. The molecule has 4 heteroatoms. The van der Waals surface area contributed by atoms with Gasteiger partial charge in [-0.1, -0.05) is 12.1 Å². The first kappa shape index (κ1) is 14.5. The molecule has 0 unspecified atom stereocenters. The van der Waals surface area contributed by atoms with Crippen molar-refractivity contribution < 1.29 is 9.53 Å². The SMILES string of the molecule is COc1ccc(C(=O)c2cccc(C)c2I)cc1Br. The normalized spacial score (nSPS) is 10.3. The molecule has 0 N–H and O–H groups in total. The van der Waals surface area contributed by atoms with Gasteiger partial charge in [0.25, 0.3) is 0 Å². The van der Waals surface area contributed by atoms with Crippen molar-refractivity contribution in [2.24, 2.45) is 0 Å². The van der Waals surface area contributed by atoms with Crippen LogP contribution in [-0.4, -0.2) is 12.9 Å². The fourth-order valence-electron chi connectivity index (χ4n) is 1.79. The van der Waals surface area contributed by atoms with Gasteiger partial charge >= 0.3 is 0 Å². The molecule has 98 valence electrons. The molecule has 2 aromatic rings. The highest BCUT2D eigenvalue weighted by Crippen LogP contribution is 2.27. The Morgan fingerprint density at radius 3 is 2.63 bits per heavy atom. The zero-order valence-corrected chi connectivity index (χ0v) is 14.3. The molecule has 0 heterocycles. The van der Waals surface area contributed by atoms with Gasteiger partial charge < -0.3 is 4.74 Å². The Labute approximate surface area is 134 Å². The molecular weight excluding hydrogens is 419 g/mol. The number of hydrogen-bond donors (Lipinski definition) is 0. The van der Waals surface area contributed by atoms with Crippen molar-refractivity contribution in [2.45, 2.75) is 6.92 Å². The van der Waals surface area contributed by atoms with Crippen molar-refractivity contribution in [3.8, 4) is 5.75 Å². The predicted octanol–water partition coefficient (Wildman–Crippen LogP) is 4.60. The Hall–Kier alpha value is -0.880. The molecule has 0 saturated carbocycles. The number of rotatable bonds is 3. The van der Waals surface area contributed by atoms with E-state index in [1.165, 1.54) is 0 Å². The second-order valence-electron chi connectivity index (χ2n) is 4.11. The van der Waals surface area contributed by atoms with E-state index in [9.17, 15) is 4.79 Å². The van der Waals surface area contributed by atoms with E-state index in [2.05, 4.69) is 38.5 Å². The van der Waals surface area contributed by atoms with Crippen molar-refractivity contribution in [1.82, 2.24) is 0 Å². The molecule has 0 aromatic heterocycles. The number of carbonyl (C=O) groups is 1.